The molecule has 3 rings (SSSR count). The summed E-state index contributed by atoms with van der Waals surface area (Å²) in [6.07, 6.45) is 9.05. The molecule has 0 saturated carbocycles. The molecule has 0 aromatic carbocycles. The van der Waals surface area contributed by atoms with Gasteiger partial charge in [-0.15, -0.1) is 0 Å². The number of aryl methyl sites for hydroxylation is 1. The highest BCUT2D eigenvalue weighted by Crippen LogP contribution is 2.20. The number of hydrogen-bond donors (Lipinski definition) is 1. The van der Waals surface area contributed by atoms with Crippen molar-refractivity contribution in [2.75, 3.05) is 44.2 Å². The maximum absolute atomic E-state index is 12.6. The van der Waals surface area contributed by atoms with Crippen molar-refractivity contribution in [3.05, 3.63) is 18.0 Å². The van der Waals surface area contributed by atoms with Crippen LogP contribution in [-0.4, -0.2) is 60.0 Å². The maximum Gasteiger partial charge on any atom is 0.225 e. The summed E-state index contributed by atoms with van der Waals surface area (Å²) < 4.78 is 0. The number of rotatable bonds is 5. The molecule has 25 heavy (non-hydrogen) atoms. The van der Waals surface area contributed by atoms with Crippen LogP contribution in [0.25, 0.3) is 0 Å². The van der Waals surface area contributed by atoms with Crippen molar-refractivity contribution in [2.24, 2.45) is 5.92 Å². The smallest absolute Gasteiger partial charge is 0.225 e. The minimum absolute atomic E-state index is 0.0435. The molecule has 1 amide bonds. The number of hydrogen-bond acceptors (Lipinski definition) is 5. The van der Waals surface area contributed by atoms with Crippen molar-refractivity contribution in [2.45, 2.75) is 45.4 Å². The van der Waals surface area contributed by atoms with E-state index in [1.807, 2.05) is 13.0 Å². The molecule has 0 spiro atoms. The van der Waals surface area contributed by atoms with Gasteiger partial charge in [-0.2, -0.15) is 0 Å². The van der Waals surface area contributed by atoms with Crippen LogP contribution in [0.4, 0.5) is 5.95 Å². The summed E-state index contributed by atoms with van der Waals surface area (Å²) in [6.45, 7) is 7.72. The van der Waals surface area contributed by atoms with Gasteiger partial charge in [0.2, 0.25) is 11.9 Å². The van der Waals surface area contributed by atoms with E-state index in [2.05, 4.69) is 25.1 Å². The number of nitrogens with one attached hydrogen (secondary N) is 1. The predicted molar refractivity (Wildman–Crippen MR) is 99.6 cm³/mol. The number of amides is 1. The number of nitrogens with zero attached hydrogens (tertiary/aromatic N) is 4. The Morgan fingerprint density at radius 3 is 2.76 bits per heavy atom. The molecule has 2 fully saturated rings. The minimum atomic E-state index is 0.0435. The van der Waals surface area contributed by atoms with Crippen molar-refractivity contribution >= 4 is 11.9 Å². The number of carbonyl (C=O) groups excluding carboxylic acids is 1. The molecule has 1 N–H and O–H groups in total. The summed E-state index contributed by atoms with van der Waals surface area (Å²) in [5.74, 6) is 0.983. The fourth-order valence-corrected chi connectivity index (χ4v) is 3.80. The van der Waals surface area contributed by atoms with Crippen molar-refractivity contribution in [1.29, 1.82) is 0 Å². The molecule has 0 unspecified atom stereocenters. The molecule has 2 saturated heterocycles. The first kappa shape index (κ1) is 18.1. The van der Waals surface area contributed by atoms with Gasteiger partial charge in [-0.3, -0.25) is 4.79 Å². The third-order valence-corrected chi connectivity index (χ3v) is 5.28. The highest BCUT2D eigenvalue weighted by molar-refractivity contribution is 5.79. The lowest BCUT2D eigenvalue weighted by atomic mass is 9.97. The fourth-order valence-electron chi connectivity index (χ4n) is 3.80. The maximum atomic E-state index is 12.6. The molecule has 0 bridgehead atoms. The Bertz CT molecular complexity index is 557. The van der Waals surface area contributed by atoms with Gasteiger partial charge in [0, 0.05) is 38.1 Å². The second-order valence-electron chi connectivity index (χ2n) is 7.33. The summed E-state index contributed by atoms with van der Waals surface area (Å²) in [6, 6.07) is 1.90. The fraction of sp³-hybridized carbons (Fsp3) is 0.737. The zero-order chi connectivity index (χ0) is 17.5. The van der Waals surface area contributed by atoms with E-state index in [9.17, 15) is 4.79 Å². The Labute approximate surface area is 151 Å². The SMILES string of the molecule is Cc1ccnc(N2CCC[C@H](C(=O)NCCN3CCCCCC3)C2)n1. The van der Waals surface area contributed by atoms with Crippen molar-refractivity contribution in [3.63, 3.8) is 0 Å². The van der Waals surface area contributed by atoms with E-state index < -0.39 is 0 Å². The van der Waals surface area contributed by atoms with E-state index in [4.69, 9.17) is 0 Å². The van der Waals surface area contributed by atoms with E-state index in [-0.39, 0.29) is 11.8 Å². The molecule has 1 atom stereocenters. The first-order chi connectivity index (χ1) is 12.2. The largest absolute Gasteiger partial charge is 0.355 e. The highest BCUT2D eigenvalue weighted by atomic mass is 16.1. The van der Waals surface area contributed by atoms with E-state index in [0.717, 1.165) is 50.7 Å². The van der Waals surface area contributed by atoms with Crippen molar-refractivity contribution in [1.82, 2.24) is 20.2 Å². The van der Waals surface area contributed by atoms with Crippen molar-refractivity contribution < 1.29 is 4.79 Å². The average Bonchev–Trinajstić information content (AvgIpc) is 2.91. The molecular weight excluding hydrogens is 314 g/mol. The van der Waals surface area contributed by atoms with Gasteiger partial charge in [-0.25, -0.2) is 9.97 Å². The van der Waals surface area contributed by atoms with Gasteiger partial charge in [0.15, 0.2) is 0 Å². The zero-order valence-corrected chi connectivity index (χ0v) is 15.4. The first-order valence-corrected chi connectivity index (χ1v) is 9.77. The van der Waals surface area contributed by atoms with Crippen molar-refractivity contribution in [3.8, 4) is 0 Å². The van der Waals surface area contributed by atoms with Gasteiger partial charge in [0.25, 0.3) is 0 Å². The molecule has 3 heterocycles. The number of piperidine rings is 1. The summed E-state index contributed by atoms with van der Waals surface area (Å²) in [7, 11) is 0. The molecule has 0 aliphatic carbocycles. The van der Waals surface area contributed by atoms with Gasteiger partial charge in [0.05, 0.1) is 5.92 Å². The van der Waals surface area contributed by atoms with Crippen LogP contribution >= 0.6 is 0 Å². The van der Waals surface area contributed by atoms with Crippen LogP contribution in [0.2, 0.25) is 0 Å². The molecule has 2 aliphatic rings. The van der Waals surface area contributed by atoms with Gasteiger partial charge in [-0.05, 0) is 51.8 Å². The topological polar surface area (TPSA) is 61.4 Å². The third kappa shape index (κ3) is 5.39. The van der Waals surface area contributed by atoms with E-state index in [0.29, 0.717) is 0 Å². The quantitative estimate of drug-likeness (QED) is 0.884. The van der Waals surface area contributed by atoms with Gasteiger partial charge >= 0.3 is 0 Å². The Morgan fingerprint density at radius 1 is 1.20 bits per heavy atom. The van der Waals surface area contributed by atoms with Crippen LogP contribution in [0, 0.1) is 12.8 Å². The second kappa shape index (κ2) is 9.13. The molecule has 1 aromatic heterocycles. The van der Waals surface area contributed by atoms with Crippen LogP contribution in [0.3, 0.4) is 0 Å². The summed E-state index contributed by atoms with van der Waals surface area (Å²) >= 11 is 0. The molecular formula is C19H31N5O. The Kier molecular flexibility index (Phi) is 6.62. The van der Waals surface area contributed by atoms with Gasteiger partial charge in [0.1, 0.15) is 0 Å². The first-order valence-electron chi connectivity index (χ1n) is 9.77. The lowest BCUT2D eigenvalue weighted by molar-refractivity contribution is -0.125. The zero-order valence-electron chi connectivity index (χ0n) is 15.4. The Balaban J connectivity index is 1.45. The number of carbonyl (C=O) groups is 1. The van der Waals surface area contributed by atoms with Crippen LogP contribution in [0.5, 0.6) is 0 Å². The molecule has 0 radical (unpaired) electrons. The summed E-state index contributed by atoms with van der Waals surface area (Å²) in [5, 5.41) is 3.16. The number of anilines is 1. The standard InChI is InChI=1S/C19H31N5O/c1-16-8-9-21-19(22-16)24-13-6-7-17(15-24)18(25)20-10-14-23-11-4-2-3-5-12-23/h8-9,17H,2-7,10-15H2,1H3,(H,20,25)/t17-/m0/s1. The molecule has 6 heteroatoms. The lowest BCUT2D eigenvalue weighted by Gasteiger charge is -2.32. The molecule has 1 aromatic rings. The molecule has 2 aliphatic heterocycles. The van der Waals surface area contributed by atoms with Crippen LogP contribution < -0.4 is 10.2 Å². The van der Waals surface area contributed by atoms with E-state index in [1.54, 1.807) is 6.20 Å². The van der Waals surface area contributed by atoms with Crippen LogP contribution in [0.15, 0.2) is 12.3 Å². The summed E-state index contributed by atoms with van der Waals surface area (Å²) in [5.41, 5.74) is 0.967. The minimum Gasteiger partial charge on any atom is -0.355 e. The predicted octanol–water partition coefficient (Wildman–Crippen LogP) is 1.99. The summed E-state index contributed by atoms with van der Waals surface area (Å²) in [4.78, 5) is 26.1. The monoisotopic (exact) mass is 345 g/mol. The average molecular weight is 345 g/mol. The van der Waals surface area contributed by atoms with Crippen LogP contribution in [-0.2, 0) is 4.79 Å². The highest BCUT2D eigenvalue weighted by Gasteiger charge is 2.27. The van der Waals surface area contributed by atoms with Gasteiger partial charge in [-0.1, -0.05) is 12.8 Å². The van der Waals surface area contributed by atoms with Crippen LogP contribution in [0.1, 0.15) is 44.2 Å². The molecule has 6 nitrogen and oxygen atoms in total. The van der Waals surface area contributed by atoms with E-state index >= 15 is 0 Å². The Hall–Kier alpha value is -1.69. The third-order valence-electron chi connectivity index (χ3n) is 5.28. The Morgan fingerprint density at radius 2 is 2.00 bits per heavy atom. The van der Waals surface area contributed by atoms with Gasteiger partial charge < -0.3 is 15.1 Å². The number of aromatic nitrogens is 2. The second-order valence-corrected chi connectivity index (χ2v) is 7.33. The molecule has 138 valence electrons. The van der Waals surface area contributed by atoms with E-state index in [1.165, 1.54) is 38.8 Å². The normalized spacial score (nSPS) is 22.4. The number of likely N-dealkylation sites (tertiary alicyclic amines) is 1. The lowest BCUT2D eigenvalue weighted by Crippen LogP contribution is -2.45.